The van der Waals surface area contributed by atoms with E-state index in [4.69, 9.17) is 0 Å². The lowest BCUT2D eigenvalue weighted by atomic mass is 9.86. The molecule has 1 aliphatic heterocycles. The van der Waals surface area contributed by atoms with Crippen LogP contribution in [0.5, 0.6) is 5.75 Å². The number of amides is 2. The zero-order valence-electron chi connectivity index (χ0n) is 18.8. The fourth-order valence-corrected chi connectivity index (χ4v) is 3.84. The van der Waals surface area contributed by atoms with Gasteiger partial charge < -0.3 is 9.84 Å². The zero-order chi connectivity index (χ0) is 26.1. The molecule has 0 aliphatic carbocycles. The molecule has 36 heavy (non-hydrogen) atoms. The van der Waals surface area contributed by atoms with Crippen molar-refractivity contribution in [2.75, 3.05) is 18.2 Å². The smallest absolute Gasteiger partial charge is 0.422 e. The minimum absolute atomic E-state index is 0.0325. The third-order valence-electron chi connectivity index (χ3n) is 5.75. The fourth-order valence-electron chi connectivity index (χ4n) is 3.84. The second-order valence-corrected chi connectivity index (χ2v) is 8.17. The highest BCUT2D eigenvalue weighted by Gasteiger charge is 2.45. The van der Waals surface area contributed by atoms with Crippen LogP contribution in [0.1, 0.15) is 12.5 Å². The molecule has 4 rings (SSSR count). The highest BCUT2D eigenvalue weighted by molar-refractivity contribution is 5.93. The van der Waals surface area contributed by atoms with Gasteiger partial charge in [-0.05, 0) is 37.3 Å². The van der Waals surface area contributed by atoms with Crippen molar-refractivity contribution in [3.8, 4) is 5.75 Å². The molecule has 1 fully saturated rings. The number of carbonyl (C=O) groups is 1. The topological polar surface area (TPSA) is 95.8 Å². The second kappa shape index (κ2) is 9.70. The molecule has 2 N–H and O–H groups in total. The summed E-state index contributed by atoms with van der Waals surface area (Å²) in [6, 6.07) is 6.60. The Kier molecular flexibility index (Phi) is 6.82. The highest BCUT2D eigenvalue weighted by atomic mass is 19.4. The van der Waals surface area contributed by atoms with E-state index in [-0.39, 0.29) is 24.5 Å². The van der Waals surface area contributed by atoms with Gasteiger partial charge in [0.05, 0.1) is 19.3 Å². The first kappa shape index (κ1) is 25.3. The van der Waals surface area contributed by atoms with Crippen LogP contribution in [0.3, 0.4) is 0 Å². The van der Waals surface area contributed by atoms with Crippen molar-refractivity contribution >= 4 is 11.7 Å². The lowest BCUT2D eigenvalue weighted by Gasteiger charge is -2.38. The maximum Gasteiger partial charge on any atom is 0.422 e. The molecule has 2 aromatic carbocycles. The number of ether oxygens (including phenoxy) is 1. The fraction of sp³-hybridized carbons (Fsp3) is 0.318. The number of urea groups is 1. The molecule has 0 saturated carbocycles. The van der Waals surface area contributed by atoms with Gasteiger partial charge in [-0.25, -0.2) is 23.2 Å². The average molecular weight is 512 g/mol. The Morgan fingerprint density at radius 2 is 1.89 bits per heavy atom. The normalized spacial score (nSPS) is 17.1. The number of halogens is 5. The largest absolute Gasteiger partial charge is 0.484 e. The summed E-state index contributed by atoms with van der Waals surface area (Å²) in [5.41, 5.74) is 0.715. The quantitative estimate of drug-likeness (QED) is 0.451. The molecule has 1 aliphatic rings. The summed E-state index contributed by atoms with van der Waals surface area (Å²) in [4.78, 5) is 17.8. The third kappa shape index (κ3) is 5.39. The molecule has 0 unspecified atom stereocenters. The van der Waals surface area contributed by atoms with E-state index >= 15 is 0 Å². The number of hydrazine groups is 1. The van der Waals surface area contributed by atoms with Gasteiger partial charge in [0, 0.05) is 17.3 Å². The molecular weight excluding hydrogens is 491 g/mol. The van der Waals surface area contributed by atoms with Gasteiger partial charge in [-0.3, -0.25) is 10.3 Å². The minimum atomic E-state index is -4.49. The number of aliphatic hydroxyl groups is 1. The van der Waals surface area contributed by atoms with E-state index in [0.717, 1.165) is 12.1 Å². The molecule has 1 saturated heterocycles. The van der Waals surface area contributed by atoms with Crippen molar-refractivity contribution in [3.63, 3.8) is 0 Å². The molecule has 0 bridgehead atoms. The van der Waals surface area contributed by atoms with Gasteiger partial charge in [0.2, 0.25) is 0 Å². The monoisotopic (exact) mass is 512 g/mol. The van der Waals surface area contributed by atoms with Crippen molar-refractivity contribution in [3.05, 3.63) is 72.3 Å². The molecule has 14 heteroatoms. The van der Waals surface area contributed by atoms with Gasteiger partial charge in [-0.1, -0.05) is 6.07 Å². The number of alkyl halides is 3. The molecule has 2 amide bonds. The molecular formula is C22H21F5N6O3. The maximum absolute atomic E-state index is 14.8. The Labute approximate surface area is 201 Å². The van der Waals surface area contributed by atoms with Crippen LogP contribution in [0.4, 0.5) is 32.4 Å². The van der Waals surface area contributed by atoms with Crippen LogP contribution >= 0.6 is 0 Å². The lowest BCUT2D eigenvalue weighted by molar-refractivity contribution is -0.153. The van der Waals surface area contributed by atoms with Crippen LogP contribution in [0.2, 0.25) is 0 Å². The lowest BCUT2D eigenvalue weighted by Crippen LogP contribution is -2.54. The van der Waals surface area contributed by atoms with Gasteiger partial charge in [-0.2, -0.15) is 23.3 Å². The molecule has 0 spiro atoms. The van der Waals surface area contributed by atoms with Gasteiger partial charge in [0.15, 0.2) is 6.61 Å². The standard InChI is InChI=1S/C22H21F5N6O3/c1-14(21(35,9-31-12-28-11-29-31)18-7-2-15(23)8-19(18)24)33-13-32(20(34)30-33)16-3-5-17(6-4-16)36-10-22(25,26)27/h2-8,11-12,14,35H,9-10,13H2,1H3,(H,30,34)/t14-,21-/m1/s1. The van der Waals surface area contributed by atoms with E-state index < -0.39 is 42.1 Å². The first-order valence-electron chi connectivity index (χ1n) is 10.6. The van der Waals surface area contributed by atoms with Crippen LogP contribution in [0.15, 0.2) is 55.1 Å². The van der Waals surface area contributed by atoms with Gasteiger partial charge in [-0.15, -0.1) is 0 Å². The predicted molar refractivity (Wildman–Crippen MR) is 115 cm³/mol. The Balaban J connectivity index is 1.56. The van der Waals surface area contributed by atoms with Crippen LogP contribution in [-0.4, -0.2) is 56.4 Å². The third-order valence-corrected chi connectivity index (χ3v) is 5.75. The van der Waals surface area contributed by atoms with Crippen molar-refractivity contribution in [1.82, 2.24) is 25.2 Å². The van der Waals surface area contributed by atoms with Crippen molar-refractivity contribution in [1.29, 1.82) is 0 Å². The van der Waals surface area contributed by atoms with E-state index in [1.165, 1.54) is 58.4 Å². The summed E-state index contributed by atoms with van der Waals surface area (Å²) in [6.07, 6.45) is -1.94. The first-order valence-corrected chi connectivity index (χ1v) is 10.6. The van der Waals surface area contributed by atoms with Crippen molar-refractivity contribution in [2.45, 2.75) is 31.3 Å². The van der Waals surface area contributed by atoms with Crippen molar-refractivity contribution < 1.29 is 36.6 Å². The number of carbonyl (C=O) groups excluding carboxylic acids is 1. The summed E-state index contributed by atoms with van der Waals surface area (Å²) in [5.74, 6) is -1.84. The Morgan fingerprint density at radius 1 is 1.17 bits per heavy atom. The minimum Gasteiger partial charge on any atom is -0.484 e. The molecule has 9 nitrogen and oxygen atoms in total. The first-order chi connectivity index (χ1) is 17.0. The van der Waals surface area contributed by atoms with Crippen LogP contribution in [0, 0.1) is 11.6 Å². The number of hydrogen-bond donors (Lipinski definition) is 2. The highest BCUT2D eigenvalue weighted by Crippen LogP contribution is 2.34. The van der Waals surface area contributed by atoms with E-state index in [0.29, 0.717) is 11.8 Å². The number of nitrogens with one attached hydrogen (secondary N) is 1. The number of anilines is 1. The number of hydrogen-bond acceptors (Lipinski definition) is 6. The number of nitrogens with zero attached hydrogens (tertiary/aromatic N) is 5. The number of benzene rings is 2. The molecule has 2 atom stereocenters. The van der Waals surface area contributed by atoms with Gasteiger partial charge in [0.25, 0.3) is 0 Å². The Hall–Kier alpha value is -3.78. The summed E-state index contributed by atoms with van der Waals surface area (Å²) in [7, 11) is 0. The van der Waals surface area contributed by atoms with Crippen LogP contribution in [-0.2, 0) is 12.1 Å². The van der Waals surface area contributed by atoms with E-state index in [1.54, 1.807) is 0 Å². The van der Waals surface area contributed by atoms with E-state index in [2.05, 4.69) is 20.2 Å². The Morgan fingerprint density at radius 3 is 2.50 bits per heavy atom. The molecule has 192 valence electrons. The second-order valence-electron chi connectivity index (χ2n) is 8.17. The Bertz CT molecular complexity index is 1210. The molecule has 3 aromatic rings. The van der Waals surface area contributed by atoms with E-state index in [1.807, 2.05) is 0 Å². The SMILES string of the molecule is C[C@@H](N1CN(c2ccc(OCC(F)(F)F)cc2)C(=O)N1)[C@](O)(Cn1cncn1)c1ccc(F)cc1F. The molecule has 0 radical (unpaired) electrons. The number of aromatic nitrogens is 3. The summed E-state index contributed by atoms with van der Waals surface area (Å²) in [5, 5.41) is 17.0. The van der Waals surface area contributed by atoms with E-state index in [9.17, 15) is 31.9 Å². The number of rotatable bonds is 8. The molecule has 1 aromatic heterocycles. The van der Waals surface area contributed by atoms with Crippen LogP contribution < -0.4 is 15.1 Å². The summed E-state index contributed by atoms with van der Waals surface area (Å²) >= 11 is 0. The molecule has 2 heterocycles. The summed E-state index contributed by atoms with van der Waals surface area (Å²) < 4.78 is 71.3. The van der Waals surface area contributed by atoms with Gasteiger partial charge >= 0.3 is 12.2 Å². The predicted octanol–water partition coefficient (Wildman–Crippen LogP) is 3.18. The van der Waals surface area contributed by atoms with Crippen LogP contribution in [0.25, 0.3) is 0 Å². The summed E-state index contributed by atoms with van der Waals surface area (Å²) in [6.45, 7) is -0.288. The zero-order valence-corrected chi connectivity index (χ0v) is 18.8. The average Bonchev–Trinajstić information content (AvgIpc) is 3.46. The maximum atomic E-state index is 14.8. The van der Waals surface area contributed by atoms with Gasteiger partial charge in [0.1, 0.15) is 35.6 Å². The van der Waals surface area contributed by atoms with Crippen molar-refractivity contribution in [2.24, 2.45) is 0 Å².